The molecule has 1 atom stereocenters. The van der Waals surface area contributed by atoms with E-state index in [2.05, 4.69) is 25.2 Å². The molecule has 11 heteroatoms. The number of carbonyl (C=O) groups excluding carboxylic acids is 1. The van der Waals surface area contributed by atoms with Gasteiger partial charge in [0, 0.05) is 50.4 Å². The molecule has 2 aliphatic rings. The molecule has 3 aromatic rings. The lowest BCUT2D eigenvalue weighted by atomic mass is 10.0. The third kappa shape index (κ3) is 5.15. The predicted octanol–water partition coefficient (Wildman–Crippen LogP) is 3.34. The zero-order valence-corrected chi connectivity index (χ0v) is 20.7. The van der Waals surface area contributed by atoms with E-state index in [9.17, 15) is 23.1 Å². The second kappa shape index (κ2) is 10.3. The van der Waals surface area contributed by atoms with Crippen LogP contribution in [-0.2, 0) is 12.5 Å². The molecule has 1 amide bonds. The molecule has 0 radical (unpaired) electrons. The van der Waals surface area contributed by atoms with Gasteiger partial charge in [0.15, 0.2) is 5.65 Å². The summed E-state index contributed by atoms with van der Waals surface area (Å²) in [6, 6.07) is 6.17. The highest BCUT2D eigenvalue weighted by molar-refractivity contribution is 5.96. The first kappa shape index (κ1) is 25.5. The van der Waals surface area contributed by atoms with Gasteiger partial charge in [0.05, 0.1) is 23.4 Å². The number of anilines is 1. The molecule has 0 bridgehead atoms. The smallest absolute Gasteiger partial charge is 0.273 e. The molecule has 37 heavy (non-hydrogen) atoms. The monoisotopic (exact) mass is 516 g/mol. The molecule has 2 N–H and O–H groups in total. The van der Waals surface area contributed by atoms with Crippen LogP contribution in [0.5, 0.6) is 0 Å². The van der Waals surface area contributed by atoms with E-state index in [1.54, 1.807) is 12.3 Å². The summed E-state index contributed by atoms with van der Waals surface area (Å²) in [5.74, 6) is -4.81. The van der Waals surface area contributed by atoms with E-state index in [0.29, 0.717) is 24.2 Å². The van der Waals surface area contributed by atoms with Crippen molar-refractivity contribution in [1.29, 1.82) is 0 Å². The number of alkyl halides is 2. The average molecular weight is 517 g/mol. The SMILES string of the molecule is CC(F)(F)c1cccc(CNC(=O)c2cc(N3CCC(N4CCCC4CO)CC3)c3ncnn3c2)c1F. The maximum absolute atomic E-state index is 14.6. The van der Waals surface area contributed by atoms with E-state index in [1.807, 2.05) is 0 Å². The van der Waals surface area contributed by atoms with Crippen LogP contribution in [-0.4, -0.2) is 68.8 Å². The summed E-state index contributed by atoms with van der Waals surface area (Å²) < 4.78 is 43.5. The number of piperidine rings is 1. The van der Waals surface area contributed by atoms with Gasteiger partial charge in [0.2, 0.25) is 0 Å². The maximum Gasteiger partial charge on any atom is 0.273 e. The lowest BCUT2D eigenvalue weighted by molar-refractivity contribution is 0.0136. The molecule has 2 saturated heterocycles. The summed E-state index contributed by atoms with van der Waals surface area (Å²) in [6.07, 6.45) is 6.99. The van der Waals surface area contributed by atoms with Crippen molar-refractivity contribution < 1.29 is 23.1 Å². The fourth-order valence-corrected chi connectivity index (χ4v) is 5.57. The van der Waals surface area contributed by atoms with Gasteiger partial charge in [-0.2, -0.15) is 5.10 Å². The number of benzene rings is 1. The number of hydrogen-bond acceptors (Lipinski definition) is 6. The van der Waals surface area contributed by atoms with Crippen molar-refractivity contribution in [3.63, 3.8) is 0 Å². The fourth-order valence-electron chi connectivity index (χ4n) is 5.57. The van der Waals surface area contributed by atoms with Gasteiger partial charge < -0.3 is 15.3 Å². The van der Waals surface area contributed by atoms with Crippen molar-refractivity contribution in [2.45, 2.75) is 57.2 Å². The zero-order chi connectivity index (χ0) is 26.2. The van der Waals surface area contributed by atoms with E-state index in [-0.39, 0.29) is 24.8 Å². The maximum atomic E-state index is 14.6. The Bertz CT molecular complexity index is 1270. The largest absolute Gasteiger partial charge is 0.395 e. The Kier molecular flexibility index (Phi) is 7.09. The van der Waals surface area contributed by atoms with Gasteiger partial charge in [0.1, 0.15) is 12.1 Å². The standard InChI is InChI=1S/C26H31F3N6O2/c1-26(28,29)21-6-2-4-17(23(21)27)13-30-25(37)18-12-22(24-31-16-32-35(24)14-18)33-10-7-19(8-11-33)34-9-3-5-20(34)15-36/h2,4,6,12,14,16,19-20,36H,3,5,7-11,13,15H2,1H3,(H,30,37). The number of hydrogen-bond donors (Lipinski definition) is 2. The summed E-state index contributed by atoms with van der Waals surface area (Å²) in [6.45, 7) is 3.16. The normalized spacial score (nSPS) is 19.6. The van der Waals surface area contributed by atoms with Gasteiger partial charge in [-0.15, -0.1) is 0 Å². The number of likely N-dealkylation sites (tertiary alicyclic amines) is 1. The molecule has 0 saturated carbocycles. The Balaban J connectivity index is 1.31. The van der Waals surface area contributed by atoms with E-state index in [1.165, 1.54) is 23.0 Å². The topological polar surface area (TPSA) is 86.0 Å². The Morgan fingerprint density at radius 1 is 1.22 bits per heavy atom. The minimum atomic E-state index is -3.32. The van der Waals surface area contributed by atoms with Crippen LogP contribution in [0, 0.1) is 5.82 Å². The van der Waals surface area contributed by atoms with Crippen molar-refractivity contribution in [2.75, 3.05) is 31.1 Å². The van der Waals surface area contributed by atoms with Crippen LogP contribution >= 0.6 is 0 Å². The molecule has 0 aliphatic carbocycles. The molecular weight excluding hydrogens is 485 g/mol. The number of carbonyl (C=O) groups is 1. The summed E-state index contributed by atoms with van der Waals surface area (Å²) in [7, 11) is 0. The third-order valence-electron chi connectivity index (χ3n) is 7.52. The van der Waals surface area contributed by atoms with Crippen molar-refractivity contribution >= 4 is 17.2 Å². The number of amides is 1. The number of halogens is 3. The number of aliphatic hydroxyl groups is 1. The number of fused-ring (bicyclic) bond motifs is 1. The molecular formula is C26H31F3N6O2. The first-order valence-electron chi connectivity index (χ1n) is 12.6. The number of pyridine rings is 1. The second-order valence-corrected chi connectivity index (χ2v) is 9.93. The number of rotatable bonds is 7. The third-order valence-corrected chi connectivity index (χ3v) is 7.52. The van der Waals surface area contributed by atoms with Crippen LogP contribution in [0.2, 0.25) is 0 Å². The van der Waals surface area contributed by atoms with Crippen molar-refractivity contribution in [1.82, 2.24) is 24.8 Å². The summed E-state index contributed by atoms with van der Waals surface area (Å²) in [5, 5.41) is 16.5. The van der Waals surface area contributed by atoms with Gasteiger partial charge in [0.25, 0.3) is 11.8 Å². The Morgan fingerprint density at radius 3 is 2.73 bits per heavy atom. The molecule has 198 valence electrons. The quantitative estimate of drug-likeness (QED) is 0.501. The lowest BCUT2D eigenvalue weighted by Gasteiger charge is -2.40. The number of nitrogens with one attached hydrogen (secondary N) is 1. The van der Waals surface area contributed by atoms with Gasteiger partial charge in [-0.25, -0.2) is 22.7 Å². The Morgan fingerprint density at radius 2 is 2.00 bits per heavy atom. The highest BCUT2D eigenvalue weighted by Crippen LogP contribution is 2.31. The molecule has 2 fully saturated rings. The minimum Gasteiger partial charge on any atom is -0.395 e. The highest BCUT2D eigenvalue weighted by Gasteiger charge is 2.33. The molecule has 0 spiro atoms. The molecule has 8 nitrogen and oxygen atoms in total. The number of nitrogens with zero attached hydrogens (tertiary/aromatic N) is 5. The van der Waals surface area contributed by atoms with E-state index in [0.717, 1.165) is 57.1 Å². The van der Waals surface area contributed by atoms with Crippen molar-refractivity contribution in [3.05, 3.63) is 59.3 Å². The summed E-state index contributed by atoms with van der Waals surface area (Å²) in [4.78, 5) is 22.0. The van der Waals surface area contributed by atoms with Gasteiger partial charge in [-0.05, 0) is 38.3 Å². The van der Waals surface area contributed by atoms with Crippen molar-refractivity contribution in [3.8, 4) is 0 Å². The van der Waals surface area contributed by atoms with Crippen LogP contribution in [0.1, 0.15) is 54.1 Å². The lowest BCUT2D eigenvalue weighted by Crippen LogP contribution is -2.47. The molecule has 1 aromatic carbocycles. The fraction of sp³-hybridized carbons (Fsp3) is 0.500. The van der Waals surface area contributed by atoms with Gasteiger partial charge in [-0.1, -0.05) is 18.2 Å². The van der Waals surface area contributed by atoms with E-state index >= 15 is 0 Å². The molecule has 4 heterocycles. The predicted molar refractivity (Wildman–Crippen MR) is 132 cm³/mol. The Labute approximate surface area is 213 Å². The van der Waals surface area contributed by atoms with Crippen LogP contribution in [0.25, 0.3) is 5.65 Å². The van der Waals surface area contributed by atoms with Crippen LogP contribution in [0.4, 0.5) is 18.9 Å². The molecule has 2 aromatic heterocycles. The summed E-state index contributed by atoms with van der Waals surface area (Å²) >= 11 is 0. The molecule has 2 aliphatic heterocycles. The van der Waals surface area contributed by atoms with Crippen LogP contribution in [0.3, 0.4) is 0 Å². The van der Waals surface area contributed by atoms with Crippen molar-refractivity contribution in [2.24, 2.45) is 0 Å². The second-order valence-electron chi connectivity index (χ2n) is 9.93. The number of aromatic nitrogens is 3. The average Bonchev–Trinajstić information content (AvgIpc) is 3.56. The highest BCUT2D eigenvalue weighted by atomic mass is 19.3. The Hall–Kier alpha value is -3.18. The molecule has 5 rings (SSSR count). The van der Waals surface area contributed by atoms with E-state index in [4.69, 9.17) is 0 Å². The van der Waals surface area contributed by atoms with Gasteiger partial charge in [-0.3, -0.25) is 9.69 Å². The van der Waals surface area contributed by atoms with Crippen LogP contribution in [0.15, 0.2) is 36.8 Å². The zero-order valence-electron chi connectivity index (χ0n) is 20.7. The first-order chi connectivity index (χ1) is 17.8. The van der Waals surface area contributed by atoms with E-state index < -0.39 is 23.2 Å². The van der Waals surface area contributed by atoms with Gasteiger partial charge >= 0.3 is 0 Å². The molecule has 1 unspecified atom stereocenters. The van der Waals surface area contributed by atoms with Crippen LogP contribution < -0.4 is 10.2 Å². The number of aliphatic hydroxyl groups excluding tert-OH is 1. The minimum absolute atomic E-state index is 0.0143. The summed E-state index contributed by atoms with van der Waals surface area (Å²) in [5.41, 5.74) is 1.01. The first-order valence-corrected chi connectivity index (χ1v) is 12.6.